The standard InChI is InChI=1S/C19H17ClN2O/c20-17-11-15-12-22(10-8-14-5-2-1-3-6-14)13-23-19(15)18-16(17)7-4-9-21-18/h1-7,9,11H,8,10,12-13H2/p+1. The quantitative estimate of drug-likeness (QED) is 0.801. The van der Waals surface area contributed by atoms with Crippen LogP contribution in [0.25, 0.3) is 10.9 Å². The van der Waals surface area contributed by atoms with Crippen LogP contribution in [0.15, 0.2) is 54.7 Å². The van der Waals surface area contributed by atoms with Crippen LogP contribution in [0.2, 0.25) is 5.02 Å². The summed E-state index contributed by atoms with van der Waals surface area (Å²) in [4.78, 5) is 5.87. The average molecular weight is 326 g/mol. The van der Waals surface area contributed by atoms with E-state index in [1.807, 2.05) is 18.2 Å². The summed E-state index contributed by atoms with van der Waals surface area (Å²) in [6.07, 6.45) is 2.84. The second-order valence-corrected chi connectivity index (χ2v) is 6.35. The molecule has 0 radical (unpaired) electrons. The van der Waals surface area contributed by atoms with Gasteiger partial charge in [0.2, 0.25) is 6.73 Å². The van der Waals surface area contributed by atoms with Gasteiger partial charge in [0.15, 0.2) is 5.75 Å². The molecule has 2 heterocycles. The van der Waals surface area contributed by atoms with E-state index >= 15 is 0 Å². The first-order chi connectivity index (χ1) is 11.3. The highest BCUT2D eigenvalue weighted by Gasteiger charge is 2.24. The van der Waals surface area contributed by atoms with E-state index in [2.05, 4.69) is 35.3 Å². The molecule has 0 amide bonds. The molecular formula is C19H18ClN2O+. The Morgan fingerprint density at radius 1 is 1.13 bits per heavy atom. The first-order valence-electron chi connectivity index (χ1n) is 7.87. The molecule has 116 valence electrons. The number of nitrogens with zero attached hydrogens (tertiary/aromatic N) is 1. The van der Waals surface area contributed by atoms with Crippen LogP contribution in [-0.4, -0.2) is 18.3 Å². The summed E-state index contributed by atoms with van der Waals surface area (Å²) in [5.74, 6) is 0.897. The predicted octanol–water partition coefficient (Wildman–Crippen LogP) is 2.87. The zero-order chi connectivity index (χ0) is 15.6. The van der Waals surface area contributed by atoms with Crippen LogP contribution in [0, 0.1) is 0 Å². The van der Waals surface area contributed by atoms with Crippen molar-refractivity contribution in [2.75, 3.05) is 13.3 Å². The highest BCUT2D eigenvalue weighted by Crippen LogP contribution is 2.34. The molecule has 0 saturated heterocycles. The minimum Gasteiger partial charge on any atom is -0.443 e. The van der Waals surface area contributed by atoms with Gasteiger partial charge in [-0.3, -0.25) is 9.88 Å². The first-order valence-corrected chi connectivity index (χ1v) is 8.25. The van der Waals surface area contributed by atoms with Crippen molar-refractivity contribution in [3.63, 3.8) is 0 Å². The number of halogens is 1. The lowest BCUT2D eigenvalue weighted by molar-refractivity contribution is -0.932. The number of rotatable bonds is 3. The van der Waals surface area contributed by atoms with Crippen molar-refractivity contribution in [2.45, 2.75) is 13.0 Å². The number of hydrogen-bond donors (Lipinski definition) is 1. The zero-order valence-corrected chi connectivity index (χ0v) is 13.5. The van der Waals surface area contributed by atoms with Crippen molar-refractivity contribution in [3.05, 3.63) is 70.9 Å². The Bertz CT molecular complexity index is 835. The number of benzene rings is 2. The van der Waals surface area contributed by atoms with Gasteiger partial charge in [0.25, 0.3) is 0 Å². The highest BCUT2D eigenvalue weighted by molar-refractivity contribution is 6.35. The van der Waals surface area contributed by atoms with E-state index in [1.165, 1.54) is 10.5 Å². The van der Waals surface area contributed by atoms with Gasteiger partial charge in [-0.2, -0.15) is 0 Å². The van der Waals surface area contributed by atoms with E-state index < -0.39 is 0 Å². The fraction of sp³-hybridized carbons (Fsp3) is 0.211. The van der Waals surface area contributed by atoms with Gasteiger partial charge in [-0.1, -0.05) is 41.9 Å². The molecule has 1 N–H and O–H groups in total. The van der Waals surface area contributed by atoms with E-state index in [4.69, 9.17) is 16.3 Å². The molecule has 0 fully saturated rings. The molecule has 0 bridgehead atoms. The van der Waals surface area contributed by atoms with Crippen LogP contribution >= 0.6 is 11.6 Å². The molecule has 1 unspecified atom stereocenters. The molecule has 1 atom stereocenters. The largest absolute Gasteiger partial charge is 0.443 e. The van der Waals surface area contributed by atoms with Gasteiger partial charge in [0.05, 0.1) is 17.1 Å². The van der Waals surface area contributed by atoms with Crippen molar-refractivity contribution in [1.29, 1.82) is 0 Å². The second kappa shape index (κ2) is 6.19. The fourth-order valence-corrected chi connectivity index (χ4v) is 3.42. The summed E-state index contributed by atoms with van der Waals surface area (Å²) in [7, 11) is 0. The maximum absolute atomic E-state index is 6.41. The summed E-state index contributed by atoms with van der Waals surface area (Å²) in [6, 6.07) is 16.5. The third kappa shape index (κ3) is 2.90. The van der Waals surface area contributed by atoms with Crippen LogP contribution in [0.3, 0.4) is 0 Å². The van der Waals surface area contributed by atoms with E-state index in [0.29, 0.717) is 6.73 Å². The van der Waals surface area contributed by atoms with Gasteiger partial charge in [-0.05, 0) is 23.8 Å². The molecule has 0 spiro atoms. The topological polar surface area (TPSA) is 26.6 Å². The van der Waals surface area contributed by atoms with Crippen LogP contribution in [0.5, 0.6) is 5.75 Å². The maximum Gasteiger partial charge on any atom is 0.222 e. The fourth-order valence-electron chi connectivity index (χ4n) is 3.14. The molecule has 4 rings (SSSR count). The Labute approximate surface area is 140 Å². The summed E-state index contributed by atoms with van der Waals surface area (Å²) in [6.45, 7) is 2.64. The molecule has 1 aromatic heterocycles. The Kier molecular flexibility index (Phi) is 3.90. The summed E-state index contributed by atoms with van der Waals surface area (Å²) in [5, 5.41) is 1.71. The number of fused-ring (bicyclic) bond motifs is 3. The SMILES string of the molecule is Clc1cc2c(c3ncccc13)OC[NH+](CCc1ccccc1)C2. The van der Waals surface area contributed by atoms with Gasteiger partial charge in [0, 0.05) is 18.0 Å². The van der Waals surface area contributed by atoms with E-state index in [1.54, 1.807) is 6.20 Å². The lowest BCUT2D eigenvalue weighted by Gasteiger charge is -2.27. The zero-order valence-electron chi connectivity index (χ0n) is 12.8. The number of nitrogens with one attached hydrogen (secondary N) is 1. The lowest BCUT2D eigenvalue weighted by Crippen LogP contribution is -3.12. The van der Waals surface area contributed by atoms with Crippen LogP contribution in [0.4, 0.5) is 0 Å². The monoisotopic (exact) mass is 325 g/mol. The van der Waals surface area contributed by atoms with Crippen molar-refractivity contribution >= 4 is 22.5 Å². The first kappa shape index (κ1) is 14.5. The van der Waals surface area contributed by atoms with Crippen LogP contribution < -0.4 is 9.64 Å². The lowest BCUT2D eigenvalue weighted by atomic mass is 10.1. The second-order valence-electron chi connectivity index (χ2n) is 5.95. The summed E-state index contributed by atoms with van der Waals surface area (Å²) >= 11 is 6.41. The van der Waals surface area contributed by atoms with Crippen LogP contribution in [0.1, 0.15) is 11.1 Å². The highest BCUT2D eigenvalue weighted by atomic mass is 35.5. The Morgan fingerprint density at radius 2 is 2.00 bits per heavy atom. The Hall–Kier alpha value is -2.10. The predicted molar refractivity (Wildman–Crippen MR) is 91.9 cm³/mol. The van der Waals surface area contributed by atoms with Gasteiger partial charge in [0.1, 0.15) is 12.1 Å². The Balaban J connectivity index is 1.55. The minimum atomic E-state index is 0.674. The van der Waals surface area contributed by atoms with E-state index in [0.717, 1.165) is 46.7 Å². The normalized spacial score (nSPS) is 16.8. The van der Waals surface area contributed by atoms with Gasteiger partial charge < -0.3 is 4.74 Å². The minimum absolute atomic E-state index is 0.674. The smallest absolute Gasteiger partial charge is 0.222 e. The molecule has 1 aliphatic rings. The molecule has 3 aromatic rings. The van der Waals surface area contributed by atoms with Crippen molar-refractivity contribution < 1.29 is 9.64 Å². The van der Waals surface area contributed by atoms with Crippen molar-refractivity contribution in [2.24, 2.45) is 0 Å². The van der Waals surface area contributed by atoms with E-state index in [-0.39, 0.29) is 0 Å². The molecule has 0 saturated carbocycles. The third-order valence-corrected chi connectivity index (χ3v) is 4.66. The molecule has 0 aliphatic carbocycles. The van der Waals surface area contributed by atoms with Crippen LogP contribution in [-0.2, 0) is 13.0 Å². The summed E-state index contributed by atoms with van der Waals surface area (Å²) in [5.41, 5.74) is 3.39. The van der Waals surface area contributed by atoms with Gasteiger partial charge in [-0.15, -0.1) is 0 Å². The van der Waals surface area contributed by atoms with Gasteiger partial charge in [-0.25, -0.2) is 0 Å². The number of ether oxygens (including phenoxy) is 1. The molecular weight excluding hydrogens is 308 g/mol. The molecule has 1 aliphatic heterocycles. The number of pyridine rings is 1. The van der Waals surface area contributed by atoms with E-state index in [9.17, 15) is 0 Å². The Morgan fingerprint density at radius 3 is 2.87 bits per heavy atom. The third-order valence-electron chi connectivity index (χ3n) is 4.34. The molecule has 4 heteroatoms. The molecule has 3 nitrogen and oxygen atoms in total. The maximum atomic E-state index is 6.41. The molecule has 23 heavy (non-hydrogen) atoms. The number of aromatic nitrogens is 1. The van der Waals surface area contributed by atoms with Gasteiger partial charge >= 0.3 is 0 Å². The average Bonchev–Trinajstić information content (AvgIpc) is 2.61. The number of quaternary nitrogens is 1. The molecule has 2 aromatic carbocycles. The number of hydrogen-bond acceptors (Lipinski definition) is 2. The van der Waals surface area contributed by atoms with Crippen molar-refractivity contribution in [3.8, 4) is 5.75 Å². The summed E-state index contributed by atoms with van der Waals surface area (Å²) < 4.78 is 6.03. The van der Waals surface area contributed by atoms with Crippen molar-refractivity contribution in [1.82, 2.24) is 4.98 Å².